The molecule has 0 saturated carbocycles. The Bertz CT molecular complexity index is 564. The minimum atomic E-state index is -1.15. The van der Waals surface area contributed by atoms with Gasteiger partial charge in [-0.05, 0) is 31.5 Å². The molecule has 6 nitrogen and oxygen atoms in total. The highest BCUT2D eigenvalue weighted by Crippen LogP contribution is 2.23. The molecule has 0 aliphatic carbocycles. The summed E-state index contributed by atoms with van der Waals surface area (Å²) in [5.41, 5.74) is 0.176. The van der Waals surface area contributed by atoms with Gasteiger partial charge in [-0.15, -0.1) is 0 Å². The molecule has 2 amide bonds. The fourth-order valence-electron chi connectivity index (χ4n) is 2.39. The number of likely N-dealkylation sites (N-methyl/N-ethyl adjacent to an activating group) is 1. The van der Waals surface area contributed by atoms with Gasteiger partial charge >= 0.3 is 12.0 Å². The van der Waals surface area contributed by atoms with Crippen LogP contribution in [0.3, 0.4) is 0 Å². The summed E-state index contributed by atoms with van der Waals surface area (Å²) in [6, 6.07) is 3.92. The summed E-state index contributed by atoms with van der Waals surface area (Å²) in [5.74, 6) is -1.15. The summed E-state index contributed by atoms with van der Waals surface area (Å²) in [6.45, 7) is 2.52. The summed E-state index contributed by atoms with van der Waals surface area (Å²) < 4.78 is 5.43. The predicted molar refractivity (Wildman–Crippen MR) is 79.0 cm³/mol. The number of rotatable bonds is 3. The molecule has 1 fully saturated rings. The van der Waals surface area contributed by atoms with Crippen LogP contribution in [0.4, 0.5) is 10.5 Å². The molecule has 1 aliphatic rings. The fourth-order valence-corrected chi connectivity index (χ4v) is 2.56. The van der Waals surface area contributed by atoms with Crippen LogP contribution in [0.5, 0.6) is 0 Å². The number of halogens is 1. The van der Waals surface area contributed by atoms with E-state index in [4.69, 9.17) is 21.4 Å². The molecule has 114 valence electrons. The van der Waals surface area contributed by atoms with E-state index in [-0.39, 0.29) is 29.4 Å². The van der Waals surface area contributed by atoms with Crippen LogP contribution in [0.25, 0.3) is 0 Å². The summed E-state index contributed by atoms with van der Waals surface area (Å²) in [6.07, 6.45) is 0.724. The molecular formula is C14H17ClN2O4. The summed E-state index contributed by atoms with van der Waals surface area (Å²) in [4.78, 5) is 25.0. The van der Waals surface area contributed by atoms with Gasteiger partial charge in [0.25, 0.3) is 0 Å². The first-order valence-corrected chi connectivity index (χ1v) is 6.96. The largest absolute Gasteiger partial charge is 0.478 e. The summed E-state index contributed by atoms with van der Waals surface area (Å²) in [5, 5.41) is 12.1. The van der Waals surface area contributed by atoms with Crippen LogP contribution in [0, 0.1) is 0 Å². The van der Waals surface area contributed by atoms with Crippen molar-refractivity contribution in [2.45, 2.75) is 25.5 Å². The standard InChI is InChI=1S/C14H17ClN2O4/c1-8-12(5-6-21-8)17(2)14(20)16-11-4-3-9(15)7-10(11)13(18)19/h3-4,7-8,12H,5-6H2,1-2H3,(H,16,20)(H,18,19). The average molecular weight is 313 g/mol. The quantitative estimate of drug-likeness (QED) is 0.899. The van der Waals surface area contributed by atoms with Gasteiger partial charge in [0.2, 0.25) is 0 Å². The molecule has 1 heterocycles. The number of carbonyl (C=O) groups is 2. The molecule has 2 rings (SSSR count). The highest BCUT2D eigenvalue weighted by Gasteiger charge is 2.31. The first kappa shape index (κ1) is 15.6. The Hall–Kier alpha value is -1.79. The molecule has 7 heteroatoms. The smallest absolute Gasteiger partial charge is 0.337 e. The van der Waals surface area contributed by atoms with Crippen molar-refractivity contribution in [3.8, 4) is 0 Å². The number of benzene rings is 1. The van der Waals surface area contributed by atoms with E-state index in [1.54, 1.807) is 7.05 Å². The third kappa shape index (κ3) is 3.46. The SMILES string of the molecule is CC1OCCC1N(C)C(=O)Nc1ccc(Cl)cc1C(=O)O. The molecule has 0 aromatic heterocycles. The van der Waals surface area contributed by atoms with E-state index in [1.807, 2.05) is 6.92 Å². The van der Waals surface area contributed by atoms with Gasteiger partial charge < -0.3 is 20.1 Å². The molecule has 0 radical (unpaired) electrons. The van der Waals surface area contributed by atoms with Crippen molar-refractivity contribution in [2.75, 3.05) is 19.0 Å². The third-order valence-corrected chi connectivity index (χ3v) is 3.84. The minimum absolute atomic E-state index is 0.0226. The van der Waals surface area contributed by atoms with Crippen LogP contribution >= 0.6 is 11.6 Å². The number of ether oxygens (including phenoxy) is 1. The van der Waals surface area contributed by atoms with Crippen LogP contribution in [0.15, 0.2) is 18.2 Å². The zero-order valence-electron chi connectivity index (χ0n) is 11.8. The van der Waals surface area contributed by atoms with Crippen molar-refractivity contribution < 1.29 is 19.4 Å². The van der Waals surface area contributed by atoms with Gasteiger partial charge in [-0.3, -0.25) is 0 Å². The van der Waals surface area contributed by atoms with Crippen LogP contribution in [-0.4, -0.2) is 47.8 Å². The molecule has 0 bridgehead atoms. The number of hydrogen-bond acceptors (Lipinski definition) is 3. The number of carbonyl (C=O) groups excluding carboxylic acids is 1. The second-order valence-electron chi connectivity index (χ2n) is 4.97. The lowest BCUT2D eigenvalue weighted by molar-refractivity contribution is 0.0698. The number of anilines is 1. The van der Waals surface area contributed by atoms with Gasteiger partial charge in [0.15, 0.2) is 0 Å². The Morgan fingerprint density at radius 2 is 2.19 bits per heavy atom. The Kier molecular flexibility index (Phi) is 4.69. The van der Waals surface area contributed by atoms with Crippen molar-refractivity contribution >= 4 is 29.3 Å². The van der Waals surface area contributed by atoms with Gasteiger partial charge in [0.1, 0.15) is 0 Å². The second-order valence-corrected chi connectivity index (χ2v) is 5.40. The normalized spacial score (nSPS) is 21.1. The van der Waals surface area contributed by atoms with Gasteiger partial charge in [-0.1, -0.05) is 11.6 Å². The molecule has 2 atom stereocenters. The maximum absolute atomic E-state index is 12.2. The topological polar surface area (TPSA) is 78.9 Å². The Morgan fingerprint density at radius 1 is 1.48 bits per heavy atom. The lowest BCUT2D eigenvalue weighted by atomic mass is 10.1. The lowest BCUT2D eigenvalue weighted by Gasteiger charge is -2.27. The highest BCUT2D eigenvalue weighted by molar-refractivity contribution is 6.31. The number of carboxylic acid groups (broad SMARTS) is 1. The van der Waals surface area contributed by atoms with Gasteiger partial charge in [0.05, 0.1) is 23.4 Å². The minimum Gasteiger partial charge on any atom is -0.478 e. The van der Waals surface area contributed by atoms with Crippen molar-refractivity contribution in [1.29, 1.82) is 0 Å². The van der Waals surface area contributed by atoms with Crippen molar-refractivity contribution in [2.24, 2.45) is 0 Å². The van der Waals surface area contributed by atoms with E-state index in [2.05, 4.69) is 5.32 Å². The molecule has 21 heavy (non-hydrogen) atoms. The molecule has 1 saturated heterocycles. The van der Waals surface area contributed by atoms with Gasteiger partial charge in [-0.2, -0.15) is 0 Å². The van der Waals surface area contributed by atoms with Crippen molar-refractivity contribution in [3.05, 3.63) is 28.8 Å². The zero-order valence-corrected chi connectivity index (χ0v) is 12.6. The predicted octanol–water partition coefficient (Wildman–Crippen LogP) is 2.68. The summed E-state index contributed by atoms with van der Waals surface area (Å²) >= 11 is 5.78. The molecular weight excluding hydrogens is 296 g/mol. The van der Waals surface area contributed by atoms with Crippen LogP contribution in [0.2, 0.25) is 5.02 Å². The van der Waals surface area contributed by atoms with E-state index < -0.39 is 5.97 Å². The maximum atomic E-state index is 12.2. The summed E-state index contributed by atoms with van der Waals surface area (Å²) in [7, 11) is 1.67. The van der Waals surface area contributed by atoms with Crippen molar-refractivity contribution in [3.63, 3.8) is 0 Å². The fraction of sp³-hybridized carbons (Fsp3) is 0.429. The van der Waals surface area contributed by atoms with Crippen molar-refractivity contribution in [1.82, 2.24) is 4.90 Å². The average Bonchev–Trinajstić information content (AvgIpc) is 2.85. The van der Waals surface area contributed by atoms with E-state index in [0.717, 1.165) is 6.42 Å². The number of hydrogen-bond donors (Lipinski definition) is 2. The van der Waals surface area contributed by atoms with E-state index in [1.165, 1.54) is 23.1 Å². The number of amides is 2. The highest BCUT2D eigenvalue weighted by atomic mass is 35.5. The molecule has 2 N–H and O–H groups in total. The lowest BCUT2D eigenvalue weighted by Crippen LogP contribution is -2.43. The van der Waals surface area contributed by atoms with Crippen LogP contribution in [0.1, 0.15) is 23.7 Å². The zero-order chi connectivity index (χ0) is 15.6. The number of nitrogens with one attached hydrogen (secondary N) is 1. The second kappa shape index (κ2) is 6.32. The molecule has 2 unspecified atom stereocenters. The Morgan fingerprint density at radius 3 is 2.76 bits per heavy atom. The molecule has 1 aliphatic heterocycles. The third-order valence-electron chi connectivity index (χ3n) is 3.61. The van der Waals surface area contributed by atoms with E-state index in [9.17, 15) is 9.59 Å². The number of nitrogens with zero attached hydrogens (tertiary/aromatic N) is 1. The van der Waals surface area contributed by atoms with Crippen LogP contribution in [-0.2, 0) is 4.74 Å². The number of carboxylic acids is 1. The maximum Gasteiger partial charge on any atom is 0.337 e. The Balaban J connectivity index is 2.14. The number of urea groups is 1. The first-order valence-electron chi connectivity index (χ1n) is 6.58. The molecule has 1 aromatic carbocycles. The molecule has 1 aromatic rings. The number of aromatic carboxylic acids is 1. The first-order chi connectivity index (χ1) is 9.90. The monoisotopic (exact) mass is 312 g/mol. The van der Waals surface area contributed by atoms with Gasteiger partial charge in [0, 0.05) is 18.7 Å². The van der Waals surface area contributed by atoms with E-state index >= 15 is 0 Å². The van der Waals surface area contributed by atoms with Crippen LogP contribution < -0.4 is 5.32 Å². The molecule has 0 spiro atoms. The Labute approximate surface area is 127 Å². The van der Waals surface area contributed by atoms with E-state index in [0.29, 0.717) is 11.6 Å². The van der Waals surface area contributed by atoms with Gasteiger partial charge in [-0.25, -0.2) is 9.59 Å².